The second-order valence-electron chi connectivity index (χ2n) is 6.40. The first-order chi connectivity index (χ1) is 11.8. The van der Waals surface area contributed by atoms with Crippen LogP contribution in [0.2, 0.25) is 5.02 Å². The molecule has 1 aliphatic rings. The van der Waals surface area contributed by atoms with E-state index in [0.29, 0.717) is 29.5 Å². The number of sulfonamides is 1. The van der Waals surface area contributed by atoms with Crippen LogP contribution in [0.1, 0.15) is 25.0 Å². The summed E-state index contributed by atoms with van der Waals surface area (Å²) in [7, 11) is -3.22. The third-order valence-corrected chi connectivity index (χ3v) is 5.29. The molecule has 0 amide bonds. The monoisotopic (exact) mass is 384 g/mol. The Morgan fingerprint density at radius 1 is 1.36 bits per heavy atom. The van der Waals surface area contributed by atoms with E-state index in [2.05, 4.69) is 14.6 Å². The van der Waals surface area contributed by atoms with E-state index in [9.17, 15) is 13.2 Å². The molecule has 1 fully saturated rings. The summed E-state index contributed by atoms with van der Waals surface area (Å²) >= 11 is 5.92. The molecule has 7 nitrogen and oxygen atoms in total. The van der Waals surface area contributed by atoms with Gasteiger partial charge in [0.2, 0.25) is 10.0 Å². The molecule has 9 heteroatoms. The highest BCUT2D eigenvalue weighted by Gasteiger charge is 2.24. The van der Waals surface area contributed by atoms with Crippen molar-refractivity contribution in [1.29, 1.82) is 0 Å². The SMILES string of the molecule is CS(=O)(=O)NC[C@H]1CCCCN1Cc1cc(=O)n2cc(Cl)ccc2n1. The summed E-state index contributed by atoms with van der Waals surface area (Å²) in [5, 5.41) is 0.479. The van der Waals surface area contributed by atoms with Crippen molar-refractivity contribution in [3.8, 4) is 0 Å². The predicted molar refractivity (Wildman–Crippen MR) is 97.4 cm³/mol. The van der Waals surface area contributed by atoms with Crippen molar-refractivity contribution in [1.82, 2.24) is 19.0 Å². The molecule has 0 saturated carbocycles. The summed E-state index contributed by atoms with van der Waals surface area (Å²) in [5.41, 5.74) is 1.05. The minimum Gasteiger partial charge on any atom is -0.293 e. The molecule has 0 unspecified atom stereocenters. The van der Waals surface area contributed by atoms with Crippen LogP contribution in [0.15, 0.2) is 29.2 Å². The van der Waals surface area contributed by atoms with Crippen LogP contribution in [0.5, 0.6) is 0 Å². The minimum atomic E-state index is -3.22. The molecule has 3 heterocycles. The van der Waals surface area contributed by atoms with Gasteiger partial charge in [-0.15, -0.1) is 0 Å². The van der Waals surface area contributed by atoms with Gasteiger partial charge in [0.15, 0.2) is 0 Å². The summed E-state index contributed by atoms with van der Waals surface area (Å²) in [6, 6.07) is 5.03. The first-order valence-electron chi connectivity index (χ1n) is 8.18. The van der Waals surface area contributed by atoms with E-state index >= 15 is 0 Å². The van der Waals surface area contributed by atoms with E-state index in [4.69, 9.17) is 11.6 Å². The van der Waals surface area contributed by atoms with Gasteiger partial charge in [-0.3, -0.25) is 14.1 Å². The molecule has 3 rings (SSSR count). The Hall–Kier alpha value is -1.48. The molecular weight excluding hydrogens is 364 g/mol. The highest BCUT2D eigenvalue weighted by Crippen LogP contribution is 2.19. The van der Waals surface area contributed by atoms with Crippen molar-refractivity contribution in [2.75, 3.05) is 19.3 Å². The maximum atomic E-state index is 12.3. The first kappa shape index (κ1) is 18.3. The zero-order valence-corrected chi connectivity index (χ0v) is 15.6. The zero-order valence-electron chi connectivity index (χ0n) is 14.0. The van der Waals surface area contributed by atoms with Crippen molar-refractivity contribution < 1.29 is 8.42 Å². The first-order valence-corrected chi connectivity index (χ1v) is 10.5. The Morgan fingerprint density at radius 3 is 2.92 bits per heavy atom. The summed E-state index contributed by atoms with van der Waals surface area (Å²) in [6.45, 7) is 1.75. The second kappa shape index (κ2) is 7.41. The smallest absolute Gasteiger partial charge is 0.258 e. The van der Waals surface area contributed by atoms with Crippen LogP contribution in [0.4, 0.5) is 0 Å². The standard InChI is InChI=1S/C16H21ClN4O3S/c1-25(23,24)18-9-14-4-2-3-7-20(14)11-13-8-16(22)21-10-12(17)5-6-15(21)19-13/h5-6,8,10,14,18H,2-4,7,9,11H2,1H3/t14-/m1/s1. The Labute approximate surface area is 151 Å². The number of hydrogen-bond donors (Lipinski definition) is 1. The van der Waals surface area contributed by atoms with Gasteiger partial charge in [0, 0.05) is 31.4 Å². The number of likely N-dealkylation sites (tertiary alicyclic amines) is 1. The Balaban J connectivity index is 1.80. The van der Waals surface area contributed by atoms with Gasteiger partial charge in [-0.05, 0) is 31.5 Å². The lowest BCUT2D eigenvalue weighted by Gasteiger charge is -2.35. The number of aromatic nitrogens is 2. The van der Waals surface area contributed by atoms with Crippen LogP contribution >= 0.6 is 11.6 Å². The fourth-order valence-corrected chi connectivity index (χ4v) is 3.82. The number of nitrogens with one attached hydrogen (secondary N) is 1. The van der Waals surface area contributed by atoms with E-state index in [-0.39, 0.29) is 11.6 Å². The number of rotatable bonds is 5. The topological polar surface area (TPSA) is 83.8 Å². The van der Waals surface area contributed by atoms with Crippen molar-refractivity contribution in [3.05, 3.63) is 45.5 Å². The van der Waals surface area contributed by atoms with Crippen LogP contribution in [0.3, 0.4) is 0 Å². The Morgan fingerprint density at radius 2 is 2.16 bits per heavy atom. The number of hydrogen-bond acceptors (Lipinski definition) is 5. The Kier molecular flexibility index (Phi) is 5.43. The molecule has 136 valence electrons. The van der Waals surface area contributed by atoms with Crippen molar-refractivity contribution in [2.45, 2.75) is 31.8 Å². The van der Waals surface area contributed by atoms with Crippen LogP contribution in [-0.2, 0) is 16.6 Å². The van der Waals surface area contributed by atoms with E-state index in [1.807, 2.05) is 0 Å². The third-order valence-electron chi connectivity index (χ3n) is 4.37. The normalized spacial score (nSPS) is 19.4. The number of piperidine rings is 1. The van der Waals surface area contributed by atoms with E-state index in [1.54, 1.807) is 18.3 Å². The quantitative estimate of drug-likeness (QED) is 0.838. The molecular formula is C16H21ClN4O3S. The minimum absolute atomic E-state index is 0.106. The van der Waals surface area contributed by atoms with E-state index in [1.165, 1.54) is 10.5 Å². The lowest BCUT2D eigenvalue weighted by Crippen LogP contribution is -2.46. The molecule has 0 aliphatic carbocycles. The van der Waals surface area contributed by atoms with Gasteiger partial charge in [-0.25, -0.2) is 18.1 Å². The fourth-order valence-electron chi connectivity index (χ4n) is 3.16. The van der Waals surface area contributed by atoms with E-state index < -0.39 is 10.0 Å². The molecule has 0 radical (unpaired) electrons. The number of halogens is 1. The van der Waals surface area contributed by atoms with Gasteiger partial charge < -0.3 is 0 Å². The van der Waals surface area contributed by atoms with Crippen molar-refractivity contribution >= 4 is 27.3 Å². The lowest BCUT2D eigenvalue weighted by atomic mass is 10.0. The van der Waals surface area contributed by atoms with Gasteiger partial charge >= 0.3 is 0 Å². The van der Waals surface area contributed by atoms with Crippen LogP contribution in [0, 0.1) is 0 Å². The second-order valence-corrected chi connectivity index (χ2v) is 8.67. The van der Waals surface area contributed by atoms with Crippen LogP contribution < -0.4 is 10.3 Å². The Bertz CT molecular complexity index is 929. The van der Waals surface area contributed by atoms with E-state index in [0.717, 1.165) is 32.1 Å². The molecule has 1 saturated heterocycles. The molecule has 0 aromatic carbocycles. The van der Waals surface area contributed by atoms with Gasteiger partial charge in [0.05, 0.1) is 17.0 Å². The molecule has 2 aromatic heterocycles. The van der Waals surface area contributed by atoms with Gasteiger partial charge in [-0.2, -0.15) is 0 Å². The molecule has 0 bridgehead atoms. The molecule has 0 spiro atoms. The number of nitrogens with zero attached hydrogens (tertiary/aromatic N) is 3. The highest BCUT2D eigenvalue weighted by molar-refractivity contribution is 7.88. The third kappa shape index (κ3) is 4.78. The molecule has 25 heavy (non-hydrogen) atoms. The summed E-state index contributed by atoms with van der Waals surface area (Å²) < 4.78 is 26.7. The maximum Gasteiger partial charge on any atom is 0.258 e. The maximum absolute atomic E-state index is 12.3. The van der Waals surface area contributed by atoms with Gasteiger partial charge in [0.1, 0.15) is 5.65 Å². The average Bonchev–Trinajstić information content (AvgIpc) is 2.54. The predicted octanol–water partition coefficient (Wildman–Crippen LogP) is 1.25. The van der Waals surface area contributed by atoms with Crippen molar-refractivity contribution in [2.24, 2.45) is 0 Å². The van der Waals surface area contributed by atoms with Crippen LogP contribution in [0.25, 0.3) is 5.65 Å². The average molecular weight is 385 g/mol. The van der Waals surface area contributed by atoms with Gasteiger partial charge in [0.25, 0.3) is 5.56 Å². The summed E-state index contributed by atoms with van der Waals surface area (Å²) in [5.74, 6) is 0. The number of fused-ring (bicyclic) bond motifs is 1. The number of pyridine rings is 1. The largest absolute Gasteiger partial charge is 0.293 e. The summed E-state index contributed by atoms with van der Waals surface area (Å²) in [4.78, 5) is 19.0. The highest BCUT2D eigenvalue weighted by atomic mass is 35.5. The summed E-state index contributed by atoms with van der Waals surface area (Å²) in [6.07, 6.45) is 5.76. The molecule has 1 aliphatic heterocycles. The lowest BCUT2D eigenvalue weighted by molar-refractivity contribution is 0.140. The fraction of sp³-hybridized carbons (Fsp3) is 0.500. The molecule has 2 aromatic rings. The van der Waals surface area contributed by atoms with Gasteiger partial charge in [-0.1, -0.05) is 18.0 Å². The zero-order chi connectivity index (χ0) is 18.0. The molecule has 1 atom stereocenters. The molecule has 1 N–H and O–H groups in total. The van der Waals surface area contributed by atoms with Crippen LogP contribution in [-0.4, -0.2) is 48.1 Å². The van der Waals surface area contributed by atoms with Crippen molar-refractivity contribution in [3.63, 3.8) is 0 Å².